The summed E-state index contributed by atoms with van der Waals surface area (Å²) in [6.45, 7) is 10.0. The number of esters is 1. The van der Waals surface area contributed by atoms with Crippen LogP contribution in [-0.4, -0.2) is 64.0 Å². The minimum atomic E-state index is -4.15. The summed E-state index contributed by atoms with van der Waals surface area (Å²) in [5.41, 5.74) is -0.576. The molecule has 0 N–H and O–H groups in total. The van der Waals surface area contributed by atoms with Crippen LogP contribution in [0.4, 0.5) is 13.2 Å². The second kappa shape index (κ2) is 21.2. The van der Waals surface area contributed by atoms with Crippen LogP contribution in [0.3, 0.4) is 0 Å². The van der Waals surface area contributed by atoms with Crippen LogP contribution in [0.1, 0.15) is 45.1 Å². The predicted molar refractivity (Wildman–Crippen MR) is 215 cm³/mol. The van der Waals surface area contributed by atoms with Gasteiger partial charge in [-0.25, -0.2) is 32.2 Å². The maximum Gasteiger partial charge on any atom is 0.475 e. The SMILES string of the molecule is C=CCOP(=O)(OCC=C)OCc1c(C)cccc1C(=O)O[C@@](Cn1cncn1)(c1ccc(F)cc1F)[C@@H](C)S[C@H]1CO[C@H](/C=C/C=C/c2ccc(C#N)cc2F)OC1. The third-order valence-corrected chi connectivity index (χ3v) is 11.8. The number of thioether (sulfide) groups is 1. The van der Waals surface area contributed by atoms with Crippen molar-refractivity contribution in [2.75, 3.05) is 26.4 Å². The molecule has 1 saturated heterocycles. The fourth-order valence-electron chi connectivity index (χ4n) is 5.97. The summed E-state index contributed by atoms with van der Waals surface area (Å²) in [6, 6.07) is 13.9. The average Bonchev–Trinajstić information content (AvgIpc) is 3.74. The summed E-state index contributed by atoms with van der Waals surface area (Å²) in [5.74, 6) is -3.22. The quantitative estimate of drug-likeness (QED) is 0.0363. The first-order valence-electron chi connectivity index (χ1n) is 18.2. The van der Waals surface area contributed by atoms with Crippen LogP contribution >= 0.6 is 19.6 Å². The van der Waals surface area contributed by atoms with Crippen LogP contribution in [0.5, 0.6) is 0 Å². The zero-order chi connectivity index (χ0) is 42.4. The maximum absolute atomic E-state index is 16.1. The van der Waals surface area contributed by atoms with Gasteiger partial charge in [0.2, 0.25) is 0 Å². The van der Waals surface area contributed by atoms with E-state index in [9.17, 15) is 18.1 Å². The normalized spacial score (nSPS) is 17.4. The van der Waals surface area contributed by atoms with E-state index >= 15 is 4.39 Å². The Kier molecular flexibility index (Phi) is 16.2. The highest BCUT2D eigenvalue weighted by molar-refractivity contribution is 8.00. The van der Waals surface area contributed by atoms with Crippen LogP contribution in [0.15, 0.2) is 111 Å². The number of hydrogen-bond acceptors (Lipinski definition) is 12. The molecule has 0 aliphatic carbocycles. The van der Waals surface area contributed by atoms with Crippen molar-refractivity contribution >= 4 is 31.6 Å². The molecule has 0 amide bonds. The number of halogens is 3. The molecule has 1 aromatic heterocycles. The Morgan fingerprint density at radius 3 is 2.46 bits per heavy atom. The van der Waals surface area contributed by atoms with Crippen LogP contribution in [0.25, 0.3) is 6.08 Å². The van der Waals surface area contributed by atoms with Gasteiger partial charge in [0, 0.05) is 22.4 Å². The Morgan fingerprint density at radius 1 is 1.07 bits per heavy atom. The molecule has 0 bridgehead atoms. The standard InChI is InChI=1S/C42H42F3N4O8PS/c1-5-18-54-58(51,55-19-6-2)56-25-36-29(3)10-9-12-35(36)41(50)57-42(26-49-28-47-27-48-49,37-17-16-33(43)21-39(37)45)30(4)59-34-23-52-40(53-24-34)13-8-7-11-32-15-14-31(22-46)20-38(32)44/h5-17,20-21,27-28,30,34,40H,1-2,18-19,23-26H2,3-4H3/b11-7+,13-8+/t30-,34-,40-,42-/m1/s1. The number of ether oxygens (including phenoxy) is 3. The molecule has 5 rings (SSSR count). The van der Waals surface area contributed by atoms with Gasteiger partial charge in [-0.05, 0) is 61.4 Å². The lowest BCUT2D eigenvalue weighted by Crippen LogP contribution is -2.47. The van der Waals surface area contributed by atoms with E-state index in [2.05, 4.69) is 23.2 Å². The Morgan fingerprint density at radius 2 is 1.81 bits per heavy atom. The van der Waals surface area contributed by atoms with Crippen LogP contribution in [0, 0.1) is 35.7 Å². The monoisotopic (exact) mass is 850 g/mol. The fourth-order valence-corrected chi connectivity index (χ4v) is 8.42. The molecular formula is C42H42F3N4O8PS. The van der Waals surface area contributed by atoms with Gasteiger partial charge >= 0.3 is 13.8 Å². The molecule has 0 unspecified atom stereocenters. The van der Waals surface area contributed by atoms with Crippen LogP contribution in [-0.2, 0) is 51.1 Å². The van der Waals surface area contributed by atoms with Gasteiger partial charge in [0.25, 0.3) is 0 Å². The van der Waals surface area contributed by atoms with E-state index in [0.29, 0.717) is 22.8 Å². The summed E-state index contributed by atoms with van der Waals surface area (Å²) in [5, 5.41) is 12.1. The lowest BCUT2D eigenvalue weighted by Gasteiger charge is -2.40. The van der Waals surface area contributed by atoms with E-state index in [1.807, 2.05) is 6.07 Å². The number of carbonyl (C=O) groups excluding carboxylic acids is 1. The molecule has 0 radical (unpaired) electrons. The number of phosphoric ester groups is 1. The summed E-state index contributed by atoms with van der Waals surface area (Å²) in [4.78, 5) is 18.5. The van der Waals surface area contributed by atoms with Crippen molar-refractivity contribution in [2.45, 2.75) is 49.4 Å². The number of aromatic nitrogens is 3. The second-order valence-corrected chi connectivity index (χ2v) is 16.3. The van der Waals surface area contributed by atoms with Crippen molar-refractivity contribution < 1.29 is 50.3 Å². The Bertz CT molecular complexity index is 2230. The summed E-state index contributed by atoms with van der Waals surface area (Å²) in [6.07, 6.45) is 11.1. The van der Waals surface area contributed by atoms with Gasteiger partial charge in [-0.1, -0.05) is 48.6 Å². The molecule has 12 nitrogen and oxygen atoms in total. The minimum absolute atomic E-state index is 0.0154. The molecule has 310 valence electrons. The molecule has 59 heavy (non-hydrogen) atoms. The number of rotatable bonds is 20. The number of phosphoric acid groups is 1. The molecule has 1 aliphatic rings. The van der Waals surface area contributed by atoms with Gasteiger partial charge < -0.3 is 14.2 Å². The van der Waals surface area contributed by atoms with Gasteiger partial charge in [0.05, 0.1) is 62.0 Å². The number of nitrogens with zero attached hydrogens (tertiary/aromatic N) is 4. The van der Waals surface area contributed by atoms with E-state index in [4.69, 9.17) is 33.0 Å². The Balaban J connectivity index is 1.40. The first kappa shape index (κ1) is 45.0. The largest absolute Gasteiger partial charge is 0.475 e. The predicted octanol–water partition coefficient (Wildman–Crippen LogP) is 8.79. The number of nitriles is 1. The maximum atomic E-state index is 16.1. The van der Waals surface area contributed by atoms with E-state index < -0.39 is 55.0 Å². The third-order valence-electron chi connectivity index (χ3n) is 8.95. The molecule has 2 heterocycles. The minimum Gasteiger partial charge on any atom is -0.447 e. The van der Waals surface area contributed by atoms with Gasteiger partial charge in [-0.2, -0.15) is 10.4 Å². The lowest BCUT2D eigenvalue weighted by atomic mass is 9.89. The van der Waals surface area contributed by atoms with Crippen LogP contribution < -0.4 is 0 Å². The first-order chi connectivity index (χ1) is 28.4. The molecule has 3 aromatic carbocycles. The Hall–Kier alpha value is -5.11. The highest BCUT2D eigenvalue weighted by atomic mass is 32.2. The lowest BCUT2D eigenvalue weighted by molar-refractivity contribution is -0.146. The molecule has 1 aliphatic heterocycles. The van der Waals surface area contributed by atoms with Crippen molar-refractivity contribution in [3.8, 4) is 6.07 Å². The van der Waals surface area contributed by atoms with E-state index in [1.54, 1.807) is 50.3 Å². The first-order valence-corrected chi connectivity index (χ1v) is 20.6. The molecule has 1 fully saturated rings. The van der Waals surface area contributed by atoms with Crippen molar-refractivity contribution in [3.63, 3.8) is 0 Å². The second-order valence-electron chi connectivity index (χ2n) is 13.0. The third kappa shape index (κ3) is 12.0. The molecule has 4 aromatic rings. The van der Waals surface area contributed by atoms with Crippen LogP contribution in [0.2, 0.25) is 0 Å². The highest BCUT2D eigenvalue weighted by Gasteiger charge is 2.47. The van der Waals surface area contributed by atoms with Crippen molar-refractivity contribution in [1.82, 2.24) is 14.8 Å². The molecule has 2 atom stereocenters. The summed E-state index contributed by atoms with van der Waals surface area (Å²) in [7, 11) is -4.15. The smallest absolute Gasteiger partial charge is 0.447 e. The van der Waals surface area contributed by atoms with Gasteiger partial charge in [-0.3, -0.25) is 13.6 Å². The number of aryl methyl sites for hydroxylation is 1. The molecule has 0 saturated carbocycles. The number of benzene rings is 3. The van der Waals surface area contributed by atoms with Gasteiger partial charge in [0.1, 0.15) is 30.1 Å². The van der Waals surface area contributed by atoms with E-state index in [0.717, 1.165) is 12.1 Å². The number of hydrogen-bond donors (Lipinski definition) is 0. The molecule has 0 spiro atoms. The highest BCUT2D eigenvalue weighted by Crippen LogP contribution is 2.50. The number of allylic oxidation sites excluding steroid dienone is 2. The summed E-state index contributed by atoms with van der Waals surface area (Å²) < 4.78 is 94.1. The number of carbonyl (C=O) groups is 1. The average molecular weight is 851 g/mol. The summed E-state index contributed by atoms with van der Waals surface area (Å²) >= 11 is 1.30. The van der Waals surface area contributed by atoms with E-state index in [-0.39, 0.29) is 54.9 Å². The van der Waals surface area contributed by atoms with Gasteiger partial charge in [0.15, 0.2) is 11.9 Å². The van der Waals surface area contributed by atoms with E-state index in [1.165, 1.54) is 65.5 Å². The topological polar surface area (TPSA) is 144 Å². The zero-order valence-electron chi connectivity index (χ0n) is 32.2. The van der Waals surface area contributed by atoms with Crippen molar-refractivity contribution in [3.05, 3.63) is 162 Å². The zero-order valence-corrected chi connectivity index (χ0v) is 34.0. The molecule has 17 heteroatoms. The van der Waals surface area contributed by atoms with Crippen molar-refractivity contribution in [2.24, 2.45) is 0 Å². The Labute approximate surface area is 344 Å². The fraction of sp³-hybridized carbons (Fsp3) is 0.286. The van der Waals surface area contributed by atoms with Crippen molar-refractivity contribution in [1.29, 1.82) is 5.26 Å². The van der Waals surface area contributed by atoms with Gasteiger partial charge in [-0.15, -0.1) is 24.9 Å². The molecular weight excluding hydrogens is 809 g/mol.